The van der Waals surface area contributed by atoms with E-state index >= 15 is 0 Å². The van der Waals surface area contributed by atoms with Gasteiger partial charge in [0.25, 0.3) is 29.7 Å². The van der Waals surface area contributed by atoms with E-state index in [4.69, 9.17) is 79.6 Å². The minimum atomic E-state index is -0.833. The zero-order valence-electron chi connectivity index (χ0n) is 81.9. The van der Waals surface area contributed by atoms with E-state index in [1.807, 2.05) is 158 Å². The summed E-state index contributed by atoms with van der Waals surface area (Å²) in [4.78, 5) is 56.6. The first kappa shape index (κ1) is 103. The van der Waals surface area contributed by atoms with Crippen molar-refractivity contribution in [3.05, 3.63) is 390 Å². The molecule has 0 aliphatic heterocycles. The van der Waals surface area contributed by atoms with Crippen LogP contribution in [-0.2, 0) is 9.59 Å². The Hall–Kier alpha value is -18.6. The normalized spacial score (nSPS) is 11.7. The summed E-state index contributed by atoms with van der Waals surface area (Å²) in [6.45, 7) is 2.17. The number of aromatic amines is 6. The van der Waals surface area contributed by atoms with E-state index in [1.165, 1.54) is 71.8 Å². The lowest BCUT2D eigenvalue weighted by Crippen LogP contribution is -2.12. The van der Waals surface area contributed by atoms with Crippen LogP contribution in [0.2, 0.25) is 10.0 Å². The largest absolute Gasteiger partial charge is 0.497 e. The standard InChI is InChI=1S/C21H17N3O3.C20H13Cl2N3O2.C19H20N2O.C18H13N3O3.C18H14N2OS.C17H16N2O.2C2H4O2/c1-26-15-10-8-14(9-11-15)21(25)22-17-6-3-2-5-16(17)18-13-19(24-23-18)20-7-4-12-27-20;21-13-8-12(9-14(22)10-13)20(26)23-16-5-2-1-4-15(16)17-11-18(25-24-17)19-6-3-7-27-19;1-22-19-15-9-5-4-6-13(15)10-11-16(19)18-12-17(20-21-18)14-7-2-3-8-14;22-18(17-8-4-10-24-17)19-13-6-2-1-5-12(13)14-11-15(21-20-14)16-7-3-9-23-16;1-21-18-13-6-3-2-5-12(13)8-9-14(18)15-11-16(20-19-15)17-7-4-10-22-17;1-20-17-13-5-3-2-4-11(13)8-9-14(17)16-10-15(18-19-16)12-6-7-12;2*1-2(3)4/h2-13H,1H3,(H,22,25)(H,23,24);1-11H,(H,23,26)(H,24,25);4-6,9-12,14H,2-3,7-8H2,1H3,(H,20,21);1-11H,(H,19,22)(H,20,21);2-11H,1H3,(H,19,20);2-5,8-10,12H,6-7H2,1H3,(H,18,19);2*1H3,(H,3,4). The maximum atomic E-state index is 12.6. The van der Waals surface area contributed by atoms with Crippen LogP contribution < -0.4 is 34.9 Å². The van der Waals surface area contributed by atoms with Crippen molar-refractivity contribution >= 4 is 114 Å². The molecule has 2 fully saturated rings. The molecular weight excluding hydrogens is 1960 g/mol. The van der Waals surface area contributed by atoms with E-state index < -0.39 is 11.9 Å². The summed E-state index contributed by atoms with van der Waals surface area (Å²) in [6, 6.07) is 102. The Labute approximate surface area is 874 Å². The Kier molecular flexibility index (Phi) is 33.8. The number of ether oxygens (including phenoxy) is 4. The van der Waals surface area contributed by atoms with Crippen LogP contribution in [0.25, 0.3) is 145 Å². The molecule has 0 radical (unpaired) electrons. The molecule has 150 heavy (non-hydrogen) atoms. The van der Waals surface area contributed by atoms with E-state index in [0.717, 1.165) is 126 Å². The number of para-hydroxylation sites is 3. The third-order valence-electron chi connectivity index (χ3n) is 24.1. The number of aromatic nitrogens is 12. The molecular formula is C117H101Cl2N15O15S. The van der Waals surface area contributed by atoms with Crippen molar-refractivity contribution in [2.24, 2.45) is 0 Å². The van der Waals surface area contributed by atoms with Crippen molar-refractivity contribution in [2.45, 2.75) is 64.2 Å². The quantitative estimate of drug-likeness (QED) is 0.0300. The second kappa shape index (κ2) is 49.3. The monoisotopic (exact) mass is 2060 g/mol. The number of benzene rings is 11. The number of furan rings is 4. The number of H-pyrrole nitrogens is 6. The van der Waals surface area contributed by atoms with Gasteiger partial charge in [-0.15, -0.1) is 11.3 Å². The van der Waals surface area contributed by atoms with Crippen LogP contribution >= 0.6 is 34.5 Å². The van der Waals surface area contributed by atoms with Crippen LogP contribution in [0.4, 0.5) is 17.1 Å². The van der Waals surface area contributed by atoms with Gasteiger partial charge in [-0.25, -0.2) is 0 Å². The van der Waals surface area contributed by atoms with Crippen molar-refractivity contribution in [3.63, 3.8) is 0 Å². The molecule has 11 N–H and O–H groups in total. The number of nitrogens with zero attached hydrogens (tertiary/aromatic N) is 6. The highest BCUT2D eigenvalue weighted by molar-refractivity contribution is 7.13. The van der Waals surface area contributed by atoms with Crippen molar-refractivity contribution in [1.82, 2.24) is 61.2 Å². The SMILES string of the molecule is CC(=O)O.CC(=O)O.COc1c(-c2cc(-c3cccs3)[nH]n2)ccc2ccccc12.COc1c(-c2cc(C3CC3)[nH]n2)ccc2ccccc12.COc1c(-c2cc(C3CCCC3)[nH]n2)ccc2ccccc12.COc1ccc(C(=O)Nc2ccccc2-c2cc(-c3ccco3)[nH]n2)cc1.O=C(Nc1ccccc1-c1cc(-c2ccco2)[nH]n1)c1cc(Cl)cc(Cl)c1.O=C(Nc1ccccc1-c1cc(-c2ccco2)[nH]n1)c1ccco1. The summed E-state index contributed by atoms with van der Waals surface area (Å²) < 4.78 is 43.4. The zero-order valence-corrected chi connectivity index (χ0v) is 84.3. The highest BCUT2D eigenvalue weighted by Crippen LogP contribution is 2.45. The summed E-state index contributed by atoms with van der Waals surface area (Å²) in [5.41, 5.74) is 19.1. The first-order chi connectivity index (χ1) is 73.2. The molecule has 11 heterocycles. The van der Waals surface area contributed by atoms with E-state index in [0.29, 0.717) is 90.2 Å². The Morgan fingerprint density at radius 1 is 0.333 bits per heavy atom. The minimum Gasteiger partial charge on any atom is -0.497 e. The second-order valence-electron chi connectivity index (χ2n) is 34.3. The molecule has 33 heteroatoms. The number of rotatable bonds is 22. The number of amides is 3. The summed E-state index contributed by atoms with van der Waals surface area (Å²) in [5.74, 6) is 4.55. The van der Waals surface area contributed by atoms with E-state index in [-0.39, 0.29) is 23.5 Å². The Bertz CT molecular complexity index is 8250. The van der Waals surface area contributed by atoms with Crippen molar-refractivity contribution in [1.29, 1.82) is 0 Å². The third kappa shape index (κ3) is 25.8. The molecule has 0 bridgehead atoms. The molecule has 0 saturated heterocycles. The van der Waals surface area contributed by atoms with Gasteiger partial charge >= 0.3 is 0 Å². The number of hydrogen-bond donors (Lipinski definition) is 11. The highest BCUT2D eigenvalue weighted by atomic mass is 35.5. The molecule has 0 unspecified atom stereocenters. The van der Waals surface area contributed by atoms with Gasteiger partial charge in [0.2, 0.25) is 0 Å². The molecule has 2 aliphatic carbocycles. The molecule has 754 valence electrons. The number of thiophene rings is 1. The molecule has 3 amide bonds. The summed E-state index contributed by atoms with van der Waals surface area (Å²) in [7, 11) is 6.75. The van der Waals surface area contributed by atoms with Crippen molar-refractivity contribution in [3.8, 4) is 135 Å². The lowest BCUT2D eigenvalue weighted by Gasteiger charge is -2.10. The second-order valence-corrected chi connectivity index (χ2v) is 36.1. The fourth-order valence-electron chi connectivity index (χ4n) is 16.9. The molecule has 30 nitrogen and oxygen atoms in total. The van der Waals surface area contributed by atoms with Gasteiger partial charge in [-0.2, -0.15) is 30.6 Å². The van der Waals surface area contributed by atoms with E-state index in [9.17, 15) is 14.4 Å². The van der Waals surface area contributed by atoms with Gasteiger partial charge in [0, 0.05) is 108 Å². The molecule has 0 spiro atoms. The average Bonchev–Trinajstić information content (AvgIpc) is 1.02. The fourth-order valence-corrected chi connectivity index (χ4v) is 18.1. The minimum absolute atomic E-state index is 0.202. The predicted octanol–water partition coefficient (Wildman–Crippen LogP) is 28.8. The zero-order chi connectivity index (χ0) is 104. The molecule has 2 aliphatic rings. The molecule has 11 aromatic heterocycles. The molecule has 22 aromatic rings. The number of nitrogens with one attached hydrogen (secondary N) is 9. The lowest BCUT2D eigenvalue weighted by molar-refractivity contribution is -0.135. The number of hydrogen-bond acceptors (Lipinski definition) is 20. The Morgan fingerprint density at radius 3 is 1.05 bits per heavy atom. The third-order valence-corrected chi connectivity index (χ3v) is 25.5. The Balaban J connectivity index is 0.000000121. The van der Waals surface area contributed by atoms with Crippen LogP contribution in [-0.4, -0.2) is 129 Å². The van der Waals surface area contributed by atoms with Crippen molar-refractivity contribution < 1.29 is 70.8 Å². The van der Waals surface area contributed by atoms with Crippen LogP contribution in [0.1, 0.15) is 107 Å². The number of aliphatic carboxylic acids is 2. The smallest absolute Gasteiger partial charge is 0.300 e. The molecule has 24 rings (SSSR count). The van der Waals surface area contributed by atoms with Gasteiger partial charge in [-0.05, 0) is 217 Å². The maximum Gasteiger partial charge on any atom is 0.300 e. The first-order valence-electron chi connectivity index (χ1n) is 47.6. The number of carbonyl (C=O) groups is 5. The Morgan fingerprint density at radius 2 is 0.680 bits per heavy atom. The molecule has 11 aromatic carbocycles. The first-order valence-corrected chi connectivity index (χ1v) is 49.3. The van der Waals surface area contributed by atoms with Gasteiger partial charge in [-0.3, -0.25) is 54.6 Å². The molecule has 2 saturated carbocycles. The summed E-state index contributed by atoms with van der Waals surface area (Å²) in [5, 5.41) is 78.1. The van der Waals surface area contributed by atoms with Crippen LogP contribution in [0.3, 0.4) is 0 Å². The number of fused-ring (bicyclic) bond motifs is 3. The van der Waals surface area contributed by atoms with Gasteiger partial charge in [0.1, 0.15) is 40.1 Å². The average molecular weight is 2060 g/mol. The number of carbonyl (C=O) groups excluding carboxylic acids is 3. The number of halogens is 2. The molecule has 0 atom stereocenters. The van der Waals surface area contributed by atoms with E-state index in [1.54, 1.807) is 125 Å². The fraction of sp³-hybridized carbons (Fsp3) is 0.120. The number of carboxylic acid groups (broad SMARTS) is 2. The van der Waals surface area contributed by atoms with Crippen LogP contribution in [0.15, 0.2) is 370 Å². The predicted molar refractivity (Wildman–Crippen MR) is 585 cm³/mol. The topological polar surface area (TPSA) is 423 Å². The lowest BCUT2D eigenvalue weighted by atomic mass is 10.0. The highest BCUT2D eigenvalue weighted by Gasteiger charge is 2.28. The summed E-state index contributed by atoms with van der Waals surface area (Å²) >= 11 is 13.7. The van der Waals surface area contributed by atoms with Gasteiger partial charge in [-0.1, -0.05) is 188 Å². The van der Waals surface area contributed by atoms with Crippen LogP contribution in [0, 0.1) is 0 Å². The van der Waals surface area contributed by atoms with Gasteiger partial charge in [0.15, 0.2) is 23.0 Å². The maximum absolute atomic E-state index is 12.6. The van der Waals surface area contributed by atoms with Crippen LogP contribution in [0.5, 0.6) is 23.0 Å². The number of carboxylic acids is 2. The number of methoxy groups -OCH3 is 4. The van der Waals surface area contributed by atoms with Gasteiger partial charge in [0.05, 0.1) is 115 Å². The van der Waals surface area contributed by atoms with Crippen molar-refractivity contribution in [2.75, 3.05) is 44.4 Å². The van der Waals surface area contributed by atoms with E-state index in [2.05, 4.69) is 180 Å². The van der Waals surface area contributed by atoms with Gasteiger partial charge < -0.3 is 62.8 Å². The number of anilines is 3. The summed E-state index contributed by atoms with van der Waals surface area (Å²) in [6.07, 6.45) is 14.0.